The number of halogens is 2. The third kappa shape index (κ3) is 2.37. The Morgan fingerprint density at radius 2 is 2.05 bits per heavy atom. The van der Waals surface area contributed by atoms with Crippen LogP contribution in [-0.2, 0) is 0 Å². The lowest BCUT2D eigenvalue weighted by atomic mass is 10.1. The first-order chi connectivity index (χ1) is 9.70. The van der Waals surface area contributed by atoms with Crippen LogP contribution in [0.4, 0.5) is 5.82 Å². The molecule has 20 heavy (non-hydrogen) atoms. The van der Waals surface area contributed by atoms with Gasteiger partial charge in [0, 0.05) is 16.8 Å². The molecule has 2 heterocycles. The van der Waals surface area contributed by atoms with Gasteiger partial charge in [0.2, 0.25) is 0 Å². The van der Waals surface area contributed by atoms with E-state index >= 15 is 0 Å². The van der Waals surface area contributed by atoms with Crippen LogP contribution < -0.4 is 5.32 Å². The van der Waals surface area contributed by atoms with Crippen LogP contribution in [0.2, 0.25) is 10.0 Å². The van der Waals surface area contributed by atoms with E-state index in [9.17, 15) is 0 Å². The Balaban J connectivity index is 2.23. The molecule has 2 aromatic heterocycles. The van der Waals surface area contributed by atoms with Gasteiger partial charge in [-0.2, -0.15) is 0 Å². The van der Waals surface area contributed by atoms with Crippen molar-refractivity contribution in [1.29, 1.82) is 0 Å². The van der Waals surface area contributed by atoms with Gasteiger partial charge in [-0.1, -0.05) is 41.4 Å². The third-order valence-electron chi connectivity index (χ3n) is 3.01. The number of hydrogen-bond acceptors (Lipinski definition) is 3. The van der Waals surface area contributed by atoms with Gasteiger partial charge in [0.15, 0.2) is 0 Å². The lowest BCUT2D eigenvalue weighted by Crippen LogP contribution is -2.01. The van der Waals surface area contributed by atoms with E-state index < -0.39 is 0 Å². The molecular formula is C15H12Cl2N2S. The van der Waals surface area contributed by atoms with Gasteiger partial charge >= 0.3 is 0 Å². The fourth-order valence-electron chi connectivity index (χ4n) is 2.13. The van der Waals surface area contributed by atoms with Crippen LogP contribution in [0, 0.1) is 0 Å². The van der Waals surface area contributed by atoms with Crippen molar-refractivity contribution >= 4 is 50.4 Å². The highest BCUT2D eigenvalue weighted by Gasteiger charge is 2.13. The molecule has 0 unspecified atom stereocenters. The molecule has 3 rings (SSSR count). The minimum atomic E-state index is 0.541. The van der Waals surface area contributed by atoms with Gasteiger partial charge in [-0.15, -0.1) is 11.3 Å². The third-order valence-corrected chi connectivity index (χ3v) is 4.55. The summed E-state index contributed by atoms with van der Waals surface area (Å²) in [6.07, 6.45) is 0. The maximum atomic E-state index is 6.33. The Bertz CT molecular complexity index is 768. The van der Waals surface area contributed by atoms with Crippen LogP contribution in [-0.4, -0.2) is 11.5 Å². The smallest absolute Gasteiger partial charge is 0.145 e. The second kappa shape index (κ2) is 5.60. The molecular weight excluding hydrogens is 311 g/mol. The standard InChI is InChI=1S/C15H12Cl2N2S/c1-2-18-15-12(17)8-11(16)13(19-15)10-5-3-4-9-6-7-20-14(9)10/h3-8H,2H2,1H3,(H,18,19). The largest absolute Gasteiger partial charge is 0.369 e. The lowest BCUT2D eigenvalue weighted by molar-refractivity contribution is 1.16. The lowest BCUT2D eigenvalue weighted by Gasteiger charge is -2.10. The van der Waals surface area contributed by atoms with E-state index in [-0.39, 0.29) is 0 Å². The molecule has 0 spiro atoms. The number of benzene rings is 1. The zero-order valence-corrected chi connectivity index (χ0v) is 13.1. The van der Waals surface area contributed by atoms with Gasteiger partial charge in [0.25, 0.3) is 0 Å². The minimum Gasteiger partial charge on any atom is -0.369 e. The van der Waals surface area contributed by atoms with E-state index in [1.807, 2.05) is 19.1 Å². The van der Waals surface area contributed by atoms with Gasteiger partial charge < -0.3 is 5.32 Å². The van der Waals surface area contributed by atoms with Crippen LogP contribution in [0.15, 0.2) is 35.7 Å². The first kappa shape index (κ1) is 13.7. The molecule has 2 nitrogen and oxygen atoms in total. The van der Waals surface area contributed by atoms with Crippen molar-refractivity contribution in [2.75, 3.05) is 11.9 Å². The summed E-state index contributed by atoms with van der Waals surface area (Å²) < 4.78 is 1.19. The van der Waals surface area contributed by atoms with E-state index in [4.69, 9.17) is 23.2 Å². The number of nitrogens with zero attached hydrogens (tertiary/aromatic N) is 1. The zero-order chi connectivity index (χ0) is 14.1. The number of rotatable bonds is 3. The molecule has 0 radical (unpaired) electrons. The van der Waals surface area contributed by atoms with Gasteiger partial charge in [-0.05, 0) is 29.8 Å². The van der Waals surface area contributed by atoms with Gasteiger partial charge in [-0.3, -0.25) is 0 Å². The molecule has 0 saturated carbocycles. The molecule has 0 amide bonds. The van der Waals surface area contributed by atoms with E-state index in [2.05, 4.69) is 27.8 Å². The highest BCUT2D eigenvalue weighted by atomic mass is 35.5. The number of anilines is 1. The molecule has 1 aromatic carbocycles. The number of fused-ring (bicyclic) bond motifs is 1. The van der Waals surface area contributed by atoms with Crippen molar-refractivity contribution in [1.82, 2.24) is 4.98 Å². The van der Waals surface area contributed by atoms with Crippen molar-refractivity contribution in [3.63, 3.8) is 0 Å². The molecule has 3 aromatic rings. The van der Waals surface area contributed by atoms with Crippen LogP contribution >= 0.6 is 34.5 Å². The van der Waals surface area contributed by atoms with E-state index in [1.165, 1.54) is 10.1 Å². The average Bonchev–Trinajstić information content (AvgIpc) is 2.90. The minimum absolute atomic E-state index is 0.541. The first-order valence-electron chi connectivity index (χ1n) is 6.27. The number of hydrogen-bond donors (Lipinski definition) is 1. The molecule has 1 N–H and O–H groups in total. The second-order valence-corrected chi connectivity index (χ2v) is 6.05. The fraction of sp³-hybridized carbons (Fsp3) is 0.133. The predicted molar refractivity (Wildman–Crippen MR) is 89.2 cm³/mol. The normalized spacial score (nSPS) is 10.9. The van der Waals surface area contributed by atoms with Crippen molar-refractivity contribution < 1.29 is 0 Å². The Morgan fingerprint density at radius 3 is 2.85 bits per heavy atom. The number of thiophene rings is 1. The summed E-state index contributed by atoms with van der Waals surface area (Å²) in [5.41, 5.74) is 1.80. The highest BCUT2D eigenvalue weighted by molar-refractivity contribution is 7.17. The SMILES string of the molecule is CCNc1nc(-c2cccc3ccsc23)c(Cl)cc1Cl. The van der Waals surface area contributed by atoms with Gasteiger partial charge in [0.1, 0.15) is 5.82 Å². The topological polar surface area (TPSA) is 24.9 Å². The summed E-state index contributed by atoms with van der Waals surface area (Å²) in [4.78, 5) is 4.59. The van der Waals surface area contributed by atoms with E-state index in [1.54, 1.807) is 17.4 Å². The Labute approximate surface area is 131 Å². The predicted octanol–water partition coefficient (Wildman–Crippen LogP) is 5.70. The molecule has 0 saturated heterocycles. The van der Waals surface area contributed by atoms with E-state index in [0.717, 1.165) is 17.8 Å². The van der Waals surface area contributed by atoms with Crippen LogP contribution in [0.25, 0.3) is 21.3 Å². The van der Waals surface area contributed by atoms with Crippen LogP contribution in [0.5, 0.6) is 0 Å². The average molecular weight is 323 g/mol. The summed E-state index contributed by atoms with van der Waals surface area (Å²) in [5.74, 6) is 0.669. The van der Waals surface area contributed by atoms with Crippen molar-refractivity contribution in [3.05, 3.63) is 45.8 Å². The summed E-state index contributed by atoms with van der Waals surface area (Å²) in [6.45, 7) is 2.77. The molecule has 0 atom stereocenters. The van der Waals surface area contributed by atoms with Gasteiger partial charge in [-0.25, -0.2) is 4.98 Å². The number of aromatic nitrogens is 1. The molecule has 102 valence electrons. The fourth-order valence-corrected chi connectivity index (χ4v) is 3.57. The summed E-state index contributed by atoms with van der Waals surface area (Å²) in [5, 5.41) is 7.54. The quantitative estimate of drug-likeness (QED) is 0.668. The molecule has 0 aliphatic rings. The van der Waals surface area contributed by atoms with Crippen molar-refractivity contribution in [2.45, 2.75) is 6.92 Å². The van der Waals surface area contributed by atoms with Crippen molar-refractivity contribution in [3.8, 4) is 11.3 Å². The van der Waals surface area contributed by atoms with Crippen LogP contribution in [0.3, 0.4) is 0 Å². The molecule has 0 aliphatic carbocycles. The molecule has 0 bridgehead atoms. The number of pyridine rings is 1. The maximum absolute atomic E-state index is 6.33. The van der Waals surface area contributed by atoms with Crippen LogP contribution in [0.1, 0.15) is 6.92 Å². The Morgan fingerprint density at radius 1 is 1.20 bits per heavy atom. The highest BCUT2D eigenvalue weighted by Crippen LogP contribution is 2.37. The summed E-state index contributed by atoms with van der Waals surface area (Å²) in [6, 6.07) is 9.99. The summed E-state index contributed by atoms with van der Waals surface area (Å²) >= 11 is 14.2. The van der Waals surface area contributed by atoms with E-state index in [0.29, 0.717) is 15.9 Å². The Hall–Kier alpha value is -1.29. The number of nitrogens with one attached hydrogen (secondary N) is 1. The molecule has 0 fully saturated rings. The first-order valence-corrected chi connectivity index (χ1v) is 7.90. The Kier molecular flexibility index (Phi) is 3.83. The zero-order valence-electron chi connectivity index (χ0n) is 10.8. The van der Waals surface area contributed by atoms with Gasteiger partial charge in [0.05, 0.1) is 15.7 Å². The molecule has 0 aliphatic heterocycles. The molecule has 5 heteroatoms. The van der Waals surface area contributed by atoms with Crippen molar-refractivity contribution in [2.24, 2.45) is 0 Å². The summed E-state index contributed by atoms with van der Waals surface area (Å²) in [7, 11) is 0. The monoisotopic (exact) mass is 322 g/mol. The maximum Gasteiger partial charge on any atom is 0.145 e. The second-order valence-electron chi connectivity index (χ2n) is 4.32.